The first-order chi connectivity index (χ1) is 13.5. The van der Waals surface area contributed by atoms with Crippen molar-refractivity contribution in [2.24, 2.45) is 4.99 Å². The van der Waals surface area contributed by atoms with Crippen LogP contribution < -0.4 is 14.8 Å². The van der Waals surface area contributed by atoms with Crippen LogP contribution in [0.4, 0.5) is 5.69 Å². The van der Waals surface area contributed by atoms with Gasteiger partial charge in [0.1, 0.15) is 6.61 Å². The number of benzene rings is 2. The van der Waals surface area contributed by atoms with Crippen molar-refractivity contribution < 1.29 is 14.3 Å². The molecule has 0 aromatic heterocycles. The smallest absolute Gasteiger partial charge is 0.264 e. The number of hydrogen-bond donors (Lipinski definition) is 1. The molecular weight excluding hydrogens is 440 g/mol. The molecule has 0 radical (unpaired) electrons. The first kappa shape index (κ1) is 20.2. The van der Waals surface area contributed by atoms with Gasteiger partial charge >= 0.3 is 0 Å². The third-order valence-electron chi connectivity index (χ3n) is 3.81. The second-order valence-corrected chi connectivity index (χ2v) is 7.84. The number of rotatable bonds is 6. The van der Waals surface area contributed by atoms with E-state index in [9.17, 15) is 4.79 Å². The van der Waals surface area contributed by atoms with E-state index >= 15 is 0 Å². The average Bonchev–Trinajstić information content (AvgIpc) is 3.01. The Kier molecular flexibility index (Phi) is 6.59. The molecular formula is C21H19BrN2O3S. The Balaban J connectivity index is 1.85. The fourth-order valence-corrected chi connectivity index (χ4v) is 3.89. The monoisotopic (exact) mass is 458 g/mol. The lowest BCUT2D eigenvalue weighted by molar-refractivity contribution is -0.115. The van der Waals surface area contributed by atoms with E-state index in [0.717, 1.165) is 21.3 Å². The molecule has 0 unspecified atom stereocenters. The number of nitrogens with one attached hydrogen (secondary N) is 1. The largest absolute Gasteiger partial charge is 0.493 e. The van der Waals surface area contributed by atoms with Crippen LogP contribution in [-0.4, -0.2) is 24.8 Å². The predicted molar refractivity (Wildman–Crippen MR) is 118 cm³/mol. The molecule has 0 saturated carbocycles. The summed E-state index contributed by atoms with van der Waals surface area (Å²) in [5.41, 5.74) is 2.76. The summed E-state index contributed by atoms with van der Waals surface area (Å²) in [6.45, 7) is 6.03. The van der Waals surface area contributed by atoms with Crippen LogP contribution in [0.25, 0.3) is 6.08 Å². The number of ether oxygens (including phenoxy) is 2. The maximum absolute atomic E-state index is 12.3. The predicted octanol–water partition coefficient (Wildman–Crippen LogP) is 5.22. The molecule has 0 spiro atoms. The van der Waals surface area contributed by atoms with Gasteiger partial charge in [0.2, 0.25) is 0 Å². The van der Waals surface area contributed by atoms with Crippen LogP contribution in [0.5, 0.6) is 11.5 Å². The zero-order valence-corrected chi connectivity index (χ0v) is 17.9. The maximum Gasteiger partial charge on any atom is 0.264 e. The molecule has 5 nitrogen and oxygen atoms in total. The lowest BCUT2D eigenvalue weighted by Gasteiger charge is -2.12. The number of aryl methyl sites for hydroxylation is 1. The molecule has 28 heavy (non-hydrogen) atoms. The zero-order chi connectivity index (χ0) is 20.1. The summed E-state index contributed by atoms with van der Waals surface area (Å²) < 4.78 is 11.8. The number of carbonyl (C=O) groups is 1. The summed E-state index contributed by atoms with van der Waals surface area (Å²) in [4.78, 5) is 17.4. The molecule has 1 N–H and O–H groups in total. The molecule has 1 heterocycles. The van der Waals surface area contributed by atoms with Gasteiger partial charge in [0.05, 0.1) is 22.2 Å². The van der Waals surface area contributed by atoms with Gasteiger partial charge in [-0.1, -0.05) is 30.4 Å². The molecule has 1 saturated heterocycles. The summed E-state index contributed by atoms with van der Waals surface area (Å²) in [5, 5.41) is 3.35. The molecule has 1 aliphatic rings. The van der Waals surface area contributed by atoms with Gasteiger partial charge in [0, 0.05) is 0 Å². The van der Waals surface area contributed by atoms with Crippen LogP contribution in [-0.2, 0) is 4.79 Å². The van der Waals surface area contributed by atoms with Gasteiger partial charge in [-0.2, -0.15) is 0 Å². The number of aliphatic imine (C=N–C) groups is 1. The second-order valence-electron chi connectivity index (χ2n) is 5.95. The third-order valence-corrected chi connectivity index (χ3v) is 5.31. The van der Waals surface area contributed by atoms with E-state index < -0.39 is 0 Å². The summed E-state index contributed by atoms with van der Waals surface area (Å²) in [6.07, 6.45) is 3.46. The molecule has 1 amide bonds. The van der Waals surface area contributed by atoms with E-state index in [0.29, 0.717) is 28.2 Å². The number of methoxy groups -OCH3 is 1. The van der Waals surface area contributed by atoms with Crippen molar-refractivity contribution in [2.75, 3.05) is 13.7 Å². The fraction of sp³-hybridized carbons (Fsp3) is 0.143. The van der Waals surface area contributed by atoms with E-state index in [-0.39, 0.29) is 5.91 Å². The summed E-state index contributed by atoms with van der Waals surface area (Å²) in [7, 11) is 1.57. The molecule has 0 bridgehead atoms. The Morgan fingerprint density at radius 2 is 2.04 bits per heavy atom. The number of nitrogens with zero attached hydrogens (tertiary/aromatic N) is 1. The Hall–Kier alpha value is -2.51. The molecule has 2 aromatic carbocycles. The summed E-state index contributed by atoms with van der Waals surface area (Å²) in [5.74, 6) is 0.979. The van der Waals surface area contributed by atoms with Gasteiger partial charge in [-0.15, -0.1) is 0 Å². The van der Waals surface area contributed by atoms with Crippen molar-refractivity contribution in [1.82, 2.24) is 5.32 Å². The highest BCUT2D eigenvalue weighted by Crippen LogP contribution is 2.38. The van der Waals surface area contributed by atoms with Gasteiger partial charge in [-0.05, 0) is 70.5 Å². The highest BCUT2D eigenvalue weighted by molar-refractivity contribution is 9.10. The van der Waals surface area contributed by atoms with Crippen molar-refractivity contribution in [1.29, 1.82) is 0 Å². The molecule has 0 aliphatic carbocycles. The minimum absolute atomic E-state index is 0.182. The van der Waals surface area contributed by atoms with E-state index in [2.05, 4.69) is 32.8 Å². The standard InChI is InChI=1S/C21H19BrN2O3S/c1-4-9-27-19-16(22)10-14(11-17(19)26-3)12-18-20(25)24-21(28-18)23-15-7-5-13(2)6-8-15/h4-8,10-12H,1,9H2,2-3H3,(H,23,24,25). The average molecular weight is 459 g/mol. The number of halogens is 1. The van der Waals surface area contributed by atoms with E-state index in [1.807, 2.05) is 43.3 Å². The van der Waals surface area contributed by atoms with Crippen LogP contribution in [0.1, 0.15) is 11.1 Å². The normalized spacial score (nSPS) is 16.3. The summed E-state index contributed by atoms with van der Waals surface area (Å²) in [6, 6.07) is 11.5. The molecule has 144 valence electrons. The second kappa shape index (κ2) is 9.12. The number of carbonyl (C=O) groups excluding carboxylic acids is 1. The molecule has 3 rings (SSSR count). The van der Waals surface area contributed by atoms with E-state index in [4.69, 9.17) is 9.47 Å². The first-order valence-corrected chi connectivity index (χ1v) is 10.1. The minimum atomic E-state index is -0.182. The molecule has 1 aliphatic heterocycles. The lowest BCUT2D eigenvalue weighted by atomic mass is 10.2. The van der Waals surface area contributed by atoms with E-state index in [1.165, 1.54) is 11.8 Å². The quantitative estimate of drug-likeness (QED) is 0.475. The molecule has 1 fully saturated rings. The van der Waals surface area contributed by atoms with Crippen LogP contribution in [0.15, 0.2) is 63.4 Å². The van der Waals surface area contributed by atoms with Crippen molar-refractivity contribution in [3.8, 4) is 11.5 Å². The van der Waals surface area contributed by atoms with Crippen LogP contribution in [0.3, 0.4) is 0 Å². The maximum atomic E-state index is 12.3. The minimum Gasteiger partial charge on any atom is -0.493 e. The summed E-state index contributed by atoms with van der Waals surface area (Å²) >= 11 is 4.80. The Labute approximate surface area is 176 Å². The van der Waals surface area contributed by atoms with Crippen LogP contribution >= 0.6 is 27.7 Å². The lowest BCUT2D eigenvalue weighted by Crippen LogP contribution is -2.19. The third kappa shape index (κ3) is 4.85. The number of amidine groups is 1. The SMILES string of the molecule is C=CCOc1c(Br)cc(C=C2SC(=Nc3ccc(C)cc3)NC2=O)cc1OC. The number of amides is 1. The fourth-order valence-electron chi connectivity index (χ4n) is 2.47. The van der Waals surface area contributed by atoms with Crippen molar-refractivity contribution >= 4 is 50.5 Å². The van der Waals surface area contributed by atoms with Crippen molar-refractivity contribution in [2.45, 2.75) is 6.92 Å². The number of hydrogen-bond acceptors (Lipinski definition) is 5. The van der Waals surface area contributed by atoms with Gasteiger partial charge in [-0.25, -0.2) is 4.99 Å². The molecule has 0 atom stereocenters. The van der Waals surface area contributed by atoms with E-state index in [1.54, 1.807) is 19.3 Å². The van der Waals surface area contributed by atoms with Gasteiger partial charge in [0.15, 0.2) is 16.7 Å². The van der Waals surface area contributed by atoms with Crippen molar-refractivity contribution in [3.05, 3.63) is 69.6 Å². The van der Waals surface area contributed by atoms with Crippen LogP contribution in [0, 0.1) is 6.92 Å². The Bertz CT molecular complexity index is 968. The molecule has 2 aromatic rings. The Morgan fingerprint density at radius 3 is 2.71 bits per heavy atom. The first-order valence-electron chi connectivity index (χ1n) is 8.47. The topological polar surface area (TPSA) is 59.9 Å². The van der Waals surface area contributed by atoms with Crippen molar-refractivity contribution in [3.63, 3.8) is 0 Å². The zero-order valence-electron chi connectivity index (χ0n) is 15.5. The van der Waals surface area contributed by atoms with Gasteiger partial charge in [-0.3, -0.25) is 4.79 Å². The molecule has 7 heteroatoms. The van der Waals surface area contributed by atoms with Gasteiger partial charge < -0.3 is 14.8 Å². The van der Waals surface area contributed by atoms with Crippen LogP contribution in [0.2, 0.25) is 0 Å². The Morgan fingerprint density at radius 1 is 1.29 bits per heavy atom. The van der Waals surface area contributed by atoms with Gasteiger partial charge in [0.25, 0.3) is 5.91 Å². The number of thioether (sulfide) groups is 1. The highest BCUT2D eigenvalue weighted by Gasteiger charge is 2.24. The highest BCUT2D eigenvalue weighted by atomic mass is 79.9.